The number of ether oxygens (including phenoxy) is 1. The van der Waals surface area contributed by atoms with E-state index >= 15 is 0 Å². The quantitative estimate of drug-likeness (QED) is 0.0917. The molecule has 0 aromatic carbocycles. The van der Waals surface area contributed by atoms with E-state index in [1.165, 1.54) is 77.0 Å². The standard InChI is InChI=1S/C27H50O5.Li.H/c1-2-3-4-5-6-7-8-9-10-11-12-13-14-17-20-23-26(30)32-27(31)24-21-18-15-16-19-22-25(28)29;;/h2-24H2,1H3,(H,28,29);;/q;+1;-1. The molecule has 33 heavy (non-hydrogen) atoms. The molecule has 6 heteroatoms. The van der Waals surface area contributed by atoms with Crippen LogP contribution in [-0.4, -0.2) is 23.0 Å². The van der Waals surface area contributed by atoms with Crippen molar-refractivity contribution < 1.29 is 44.5 Å². The summed E-state index contributed by atoms with van der Waals surface area (Å²) in [4.78, 5) is 33.8. The molecule has 0 aliphatic heterocycles. The minimum absolute atomic E-state index is 0. The van der Waals surface area contributed by atoms with E-state index in [1.807, 2.05) is 0 Å². The second kappa shape index (κ2) is 27.5. The van der Waals surface area contributed by atoms with Crippen LogP contribution in [0.2, 0.25) is 0 Å². The van der Waals surface area contributed by atoms with Gasteiger partial charge in [-0.05, 0) is 19.3 Å². The van der Waals surface area contributed by atoms with Crippen molar-refractivity contribution >= 4 is 17.9 Å². The molecule has 0 atom stereocenters. The fourth-order valence-corrected chi connectivity index (χ4v) is 3.95. The van der Waals surface area contributed by atoms with Gasteiger partial charge in [-0.3, -0.25) is 14.4 Å². The maximum Gasteiger partial charge on any atom is 1.00 e. The molecule has 190 valence electrons. The van der Waals surface area contributed by atoms with E-state index in [4.69, 9.17) is 9.84 Å². The summed E-state index contributed by atoms with van der Waals surface area (Å²) in [7, 11) is 0. The van der Waals surface area contributed by atoms with Crippen molar-refractivity contribution in [2.45, 2.75) is 155 Å². The van der Waals surface area contributed by atoms with Gasteiger partial charge < -0.3 is 11.3 Å². The Morgan fingerprint density at radius 2 is 0.788 bits per heavy atom. The fourth-order valence-electron chi connectivity index (χ4n) is 3.95. The molecule has 1 N–H and O–H groups in total. The molecule has 0 unspecified atom stereocenters. The third-order valence-corrected chi connectivity index (χ3v) is 5.98. The molecule has 5 nitrogen and oxygen atoms in total. The number of carboxylic acid groups (broad SMARTS) is 1. The molecule has 0 bridgehead atoms. The Hall–Kier alpha value is -0.793. The SMILES string of the molecule is CCCCCCCCCCCCCCCCCC(=O)OC(=O)CCCCCCCC(=O)O.[H-].[Li+]. The number of aliphatic carboxylic acids is 1. The van der Waals surface area contributed by atoms with Crippen LogP contribution >= 0.6 is 0 Å². The van der Waals surface area contributed by atoms with E-state index in [0.29, 0.717) is 19.3 Å². The summed E-state index contributed by atoms with van der Waals surface area (Å²) >= 11 is 0. The minimum Gasteiger partial charge on any atom is -1.00 e. The topological polar surface area (TPSA) is 80.7 Å². The summed E-state index contributed by atoms with van der Waals surface area (Å²) in [6.07, 6.45) is 24.1. The summed E-state index contributed by atoms with van der Waals surface area (Å²) < 4.78 is 4.87. The van der Waals surface area contributed by atoms with E-state index in [1.54, 1.807) is 0 Å². The summed E-state index contributed by atoms with van der Waals surface area (Å²) in [5.74, 6) is -1.59. The first-order valence-electron chi connectivity index (χ1n) is 13.5. The first kappa shape index (κ1) is 34.4. The van der Waals surface area contributed by atoms with Gasteiger partial charge in [0.1, 0.15) is 0 Å². The van der Waals surface area contributed by atoms with Crippen LogP contribution in [-0.2, 0) is 19.1 Å². The first-order valence-corrected chi connectivity index (χ1v) is 13.5. The number of rotatable bonds is 24. The molecule has 0 aliphatic carbocycles. The van der Waals surface area contributed by atoms with Crippen molar-refractivity contribution in [2.24, 2.45) is 0 Å². The smallest absolute Gasteiger partial charge is 1.00 e. The number of carbonyl (C=O) groups excluding carboxylic acids is 2. The van der Waals surface area contributed by atoms with E-state index in [9.17, 15) is 14.4 Å². The van der Waals surface area contributed by atoms with Gasteiger partial charge in [0.05, 0.1) is 0 Å². The van der Waals surface area contributed by atoms with Crippen LogP contribution in [0.5, 0.6) is 0 Å². The predicted octanol–water partition coefficient (Wildman–Crippen LogP) is 5.25. The van der Waals surface area contributed by atoms with Crippen molar-refractivity contribution in [3.05, 3.63) is 0 Å². The van der Waals surface area contributed by atoms with Crippen molar-refractivity contribution in [3.8, 4) is 0 Å². The first-order chi connectivity index (χ1) is 15.6. The molecule has 0 rings (SSSR count). The summed E-state index contributed by atoms with van der Waals surface area (Å²) in [6, 6.07) is 0. The molecular weight excluding hydrogens is 411 g/mol. The molecule has 0 fully saturated rings. The van der Waals surface area contributed by atoms with Gasteiger partial charge in [-0.15, -0.1) is 0 Å². The van der Waals surface area contributed by atoms with Crippen LogP contribution in [0.15, 0.2) is 0 Å². The molecular formula is C27H51LiO5. The van der Waals surface area contributed by atoms with Gasteiger partial charge in [0.15, 0.2) is 0 Å². The third-order valence-electron chi connectivity index (χ3n) is 5.98. The third kappa shape index (κ3) is 29.2. The Kier molecular flexibility index (Phi) is 28.6. The minimum atomic E-state index is -0.763. The van der Waals surface area contributed by atoms with Crippen molar-refractivity contribution in [1.82, 2.24) is 0 Å². The Balaban J connectivity index is -0.00000480. The normalized spacial score (nSPS) is 10.6. The zero-order chi connectivity index (χ0) is 23.7. The van der Waals surface area contributed by atoms with Gasteiger partial charge in [0.2, 0.25) is 0 Å². The Bertz CT molecular complexity index is 474. The monoisotopic (exact) mass is 462 g/mol. The molecule has 0 aromatic heterocycles. The molecule has 0 amide bonds. The van der Waals surface area contributed by atoms with Gasteiger partial charge in [-0.2, -0.15) is 0 Å². The molecule has 0 spiro atoms. The molecule has 0 saturated carbocycles. The van der Waals surface area contributed by atoms with Crippen LogP contribution in [0.4, 0.5) is 0 Å². The number of esters is 2. The number of carbonyl (C=O) groups is 3. The predicted molar refractivity (Wildman–Crippen MR) is 132 cm³/mol. The van der Waals surface area contributed by atoms with E-state index in [0.717, 1.165) is 38.5 Å². The maximum atomic E-state index is 11.7. The summed E-state index contributed by atoms with van der Waals surface area (Å²) in [5.41, 5.74) is 0. The molecule has 0 saturated heterocycles. The average Bonchev–Trinajstić information content (AvgIpc) is 2.75. The van der Waals surface area contributed by atoms with Crippen LogP contribution in [0.25, 0.3) is 0 Å². The molecule has 0 radical (unpaired) electrons. The second-order valence-electron chi connectivity index (χ2n) is 9.21. The fraction of sp³-hybridized carbons (Fsp3) is 0.889. The van der Waals surface area contributed by atoms with Crippen molar-refractivity contribution in [3.63, 3.8) is 0 Å². The molecule has 0 aromatic rings. The zero-order valence-electron chi connectivity index (χ0n) is 22.8. The Morgan fingerprint density at radius 3 is 1.09 bits per heavy atom. The Labute approximate surface area is 216 Å². The summed E-state index contributed by atoms with van der Waals surface area (Å²) in [6.45, 7) is 2.26. The Morgan fingerprint density at radius 1 is 0.515 bits per heavy atom. The number of carboxylic acids is 1. The van der Waals surface area contributed by atoms with Crippen LogP contribution < -0.4 is 18.9 Å². The van der Waals surface area contributed by atoms with Gasteiger partial charge in [-0.1, -0.05) is 116 Å². The maximum absolute atomic E-state index is 11.7. The van der Waals surface area contributed by atoms with Gasteiger partial charge in [-0.25, -0.2) is 0 Å². The van der Waals surface area contributed by atoms with Crippen LogP contribution in [0, 0.1) is 0 Å². The second-order valence-corrected chi connectivity index (χ2v) is 9.21. The molecule has 0 heterocycles. The number of hydrogen-bond donors (Lipinski definition) is 1. The number of hydrogen-bond acceptors (Lipinski definition) is 4. The van der Waals surface area contributed by atoms with Gasteiger partial charge in [0.25, 0.3) is 0 Å². The van der Waals surface area contributed by atoms with Crippen molar-refractivity contribution in [2.75, 3.05) is 0 Å². The summed E-state index contributed by atoms with van der Waals surface area (Å²) in [5, 5.41) is 8.56. The average molecular weight is 463 g/mol. The van der Waals surface area contributed by atoms with E-state index in [2.05, 4.69) is 6.92 Å². The van der Waals surface area contributed by atoms with Crippen LogP contribution in [0.1, 0.15) is 156 Å². The largest absolute Gasteiger partial charge is 1.00 e. The zero-order valence-corrected chi connectivity index (χ0v) is 21.8. The van der Waals surface area contributed by atoms with Gasteiger partial charge in [0, 0.05) is 19.3 Å². The van der Waals surface area contributed by atoms with Gasteiger partial charge >= 0.3 is 36.8 Å². The van der Waals surface area contributed by atoms with E-state index < -0.39 is 17.9 Å². The van der Waals surface area contributed by atoms with Crippen LogP contribution in [0.3, 0.4) is 0 Å². The van der Waals surface area contributed by atoms with E-state index in [-0.39, 0.29) is 33.1 Å². The number of unbranched alkanes of at least 4 members (excludes halogenated alkanes) is 18. The van der Waals surface area contributed by atoms with Crippen molar-refractivity contribution in [1.29, 1.82) is 0 Å². The molecule has 0 aliphatic rings.